The molecule has 2 rings (SSSR count). The summed E-state index contributed by atoms with van der Waals surface area (Å²) in [7, 11) is 0. The van der Waals surface area contributed by atoms with Crippen molar-refractivity contribution in [3.63, 3.8) is 0 Å². The molecule has 0 radical (unpaired) electrons. The molecule has 0 heterocycles. The summed E-state index contributed by atoms with van der Waals surface area (Å²) in [5.41, 5.74) is 2.96. The molecule has 5 heteroatoms. The Balaban J connectivity index is 1.88. The van der Waals surface area contributed by atoms with E-state index in [9.17, 15) is 9.59 Å². The van der Waals surface area contributed by atoms with E-state index in [1.807, 2.05) is 39.0 Å². The number of rotatable bonds is 7. The van der Waals surface area contributed by atoms with Crippen LogP contribution in [0.4, 0.5) is 0 Å². The summed E-state index contributed by atoms with van der Waals surface area (Å²) < 4.78 is 5.84. The molecule has 0 aliphatic heterocycles. The maximum absolute atomic E-state index is 12.1. The molecule has 5 nitrogen and oxygen atoms in total. The number of hydrogen-bond acceptors (Lipinski definition) is 3. The number of aromatic carboxylic acids is 1. The fourth-order valence-electron chi connectivity index (χ4n) is 2.60. The van der Waals surface area contributed by atoms with Crippen LogP contribution in [-0.4, -0.2) is 29.6 Å². The van der Waals surface area contributed by atoms with Crippen molar-refractivity contribution < 1.29 is 19.4 Å². The van der Waals surface area contributed by atoms with E-state index in [4.69, 9.17) is 9.84 Å². The van der Waals surface area contributed by atoms with Crippen molar-refractivity contribution in [1.29, 1.82) is 0 Å². The standard InChI is InChI=1S/C20H23NO4/c1-13-6-4-7-14(2)19(13)25-12-15(3)21-18(22)11-16-8-5-9-17(10-16)20(23)24/h4-10,15H,11-12H2,1-3H3,(H,21,22)(H,23,24). The molecule has 0 spiro atoms. The number of amides is 1. The maximum atomic E-state index is 12.1. The number of carbonyl (C=O) groups is 2. The molecule has 25 heavy (non-hydrogen) atoms. The predicted molar refractivity (Wildman–Crippen MR) is 96.1 cm³/mol. The Kier molecular flexibility index (Phi) is 6.17. The molecule has 2 aromatic carbocycles. The van der Waals surface area contributed by atoms with Gasteiger partial charge in [-0.1, -0.05) is 30.3 Å². The van der Waals surface area contributed by atoms with Crippen LogP contribution in [-0.2, 0) is 11.2 Å². The minimum Gasteiger partial charge on any atom is -0.491 e. The molecular formula is C20H23NO4. The minimum absolute atomic E-state index is 0.134. The molecule has 0 aliphatic carbocycles. The summed E-state index contributed by atoms with van der Waals surface area (Å²) in [6.45, 7) is 6.22. The number of carboxylic acid groups (broad SMARTS) is 1. The van der Waals surface area contributed by atoms with Crippen molar-refractivity contribution in [2.75, 3.05) is 6.61 Å². The lowest BCUT2D eigenvalue weighted by Crippen LogP contribution is -2.37. The van der Waals surface area contributed by atoms with Gasteiger partial charge in [-0.15, -0.1) is 0 Å². The number of carbonyl (C=O) groups excluding carboxylic acids is 1. The molecule has 0 aromatic heterocycles. The first-order valence-electron chi connectivity index (χ1n) is 8.17. The molecule has 132 valence electrons. The van der Waals surface area contributed by atoms with Crippen molar-refractivity contribution in [2.24, 2.45) is 0 Å². The van der Waals surface area contributed by atoms with Gasteiger partial charge in [0.15, 0.2) is 0 Å². The Hall–Kier alpha value is -2.82. The molecule has 2 N–H and O–H groups in total. The SMILES string of the molecule is Cc1cccc(C)c1OCC(C)NC(=O)Cc1cccc(C(=O)O)c1. The van der Waals surface area contributed by atoms with E-state index in [2.05, 4.69) is 5.32 Å². The van der Waals surface area contributed by atoms with Gasteiger partial charge in [0.1, 0.15) is 12.4 Å². The molecule has 0 saturated carbocycles. The number of carboxylic acids is 1. The second-order valence-corrected chi connectivity index (χ2v) is 6.18. The van der Waals surface area contributed by atoms with Crippen LogP contribution >= 0.6 is 0 Å². The third kappa shape index (κ3) is 5.35. The van der Waals surface area contributed by atoms with Crippen molar-refractivity contribution in [3.05, 3.63) is 64.7 Å². The van der Waals surface area contributed by atoms with E-state index in [1.165, 1.54) is 12.1 Å². The van der Waals surface area contributed by atoms with Gasteiger partial charge in [0.2, 0.25) is 5.91 Å². The minimum atomic E-state index is -1.00. The zero-order valence-corrected chi connectivity index (χ0v) is 14.7. The second-order valence-electron chi connectivity index (χ2n) is 6.18. The average molecular weight is 341 g/mol. The first-order chi connectivity index (χ1) is 11.9. The summed E-state index contributed by atoms with van der Waals surface area (Å²) in [6, 6.07) is 12.2. The van der Waals surface area contributed by atoms with Crippen LogP contribution in [0, 0.1) is 13.8 Å². The van der Waals surface area contributed by atoms with Crippen molar-refractivity contribution in [2.45, 2.75) is 33.2 Å². The van der Waals surface area contributed by atoms with Gasteiger partial charge in [-0.2, -0.15) is 0 Å². The number of nitrogens with one attached hydrogen (secondary N) is 1. The topological polar surface area (TPSA) is 75.6 Å². The first kappa shape index (κ1) is 18.5. The molecule has 1 amide bonds. The highest BCUT2D eigenvalue weighted by molar-refractivity contribution is 5.88. The van der Waals surface area contributed by atoms with Crippen LogP contribution in [0.15, 0.2) is 42.5 Å². The number of aryl methyl sites for hydroxylation is 2. The molecule has 0 fully saturated rings. The third-order valence-electron chi connectivity index (χ3n) is 3.83. The molecule has 0 bridgehead atoms. The van der Waals surface area contributed by atoms with Crippen LogP contribution in [0.2, 0.25) is 0 Å². The van der Waals surface area contributed by atoms with Crippen LogP contribution in [0.25, 0.3) is 0 Å². The number of benzene rings is 2. The smallest absolute Gasteiger partial charge is 0.335 e. The fourth-order valence-corrected chi connectivity index (χ4v) is 2.60. The Bertz CT molecular complexity index is 750. The van der Waals surface area contributed by atoms with Gasteiger partial charge >= 0.3 is 5.97 Å². The lowest BCUT2D eigenvalue weighted by atomic mass is 10.1. The van der Waals surface area contributed by atoms with Crippen LogP contribution in [0.3, 0.4) is 0 Å². The van der Waals surface area contributed by atoms with Gasteiger partial charge in [-0.3, -0.25) is 4.79 Å². The number of hydrogen-bond donors (Lipinski definition) is 2. The van der Waals surface area contributed by atoms with Crippen LogP contribution in [0.1, 0.15) is 34.0 Å². The van der Waals surface area contributed by atoms with E-state index in [1.54, 1.807) is 12.1 Å². The normalized spacial score (nSPS) is 11.6. The molecule has 0 aliphatic rings. The monoisotopic (exact) mass is 341 g/mol. The van der Waals surface area contributed by atoms with Crippen LogP contribution < -0.4 is 10.1 Å². The molecular weight excluding hydrogens is 318 g/mol. The quantitative estimate of drug-likeness (QED) is 0.811. The van der Waals surface area contributed by atoms with Gasteiger partial charge in [0, 0.05) is 0 Å². The van der Waals surface area contributed by atoms with Crippen molar-refractivity contribution >= 4 is 11.9 Å². The highest BCUT2D eigenvalue weighted by atomic mass is 16.5. The van der Waals surface area contributed by atoms with E-state index < -0.39 is 5.97 Å². The van der Waals surface area contributed by atoms with Crippen molar-refractivity contribution in [1.82, 2.24) is 5.32 Å². The lowest BCUT2D eigenvalue weighted by Gasteiger charge is -2.17. The number of ether oxygens (including phenoxy) is 1. The second kappa shape index (κ2) is 8.33. The maximum Gasteiger partial charge on any atom is 0.335 e. The Morgan fingerprint density at radius 3 is 2.40 bits per heavy atom. The van der Waals surface area contributed by atoms with Gasteiger partial charge < -0.3 is 15.2 Å². The predicted octanol–water partition coefficient (Wildman–Crippen LogP) is 3.13. The highest BCUT2D eigenvalue weighted by Crippen LogP contribution is 2.22. The molecule has 2 aromatic rings. The molecule has 1 atom stereocenters. The Morgan fingerprint density at radius 1 is 1.12 bits per heavy atom. The van der Waals surface area contributed by atoms with Crippen molar-refractivity contribution in [3.8, 4) is 5.75 Å². The van der Waals surface area contributed by atoms with Gasteiger partial charge in [0.05, 0.1) is 18.0 Å². The summed E-state index contributed by atoms with van der Waals surface area (Å²) >= 11 is 0. The largest absolute Gasteiger partial charge is 0.491 e. The van der Waals surface area contributed by atoms with Gasteiger partial charge in [0.25, 0.3) is 0 Å². The van der Waals surface area contributed by atoms with Crippen LogP contribution in [0.5, 0.6) is 5.75 Å². The van der Waals surface area contributed by atoms with E-state index in [-0.39, 0.29) is 23.9 Å². The first-order valence-corrected chi connectivity index (χ1v) is 8.17. The summed E-state index contributed by atoms with van der Waals surface area (Å²) in [4.78, 5) is 23.1. The van der Waals surface area contributed by atoms with Gasteiger partial charge in [-0.05, 0) is 49.6 Å². The lowest BCUT2D eigenvalue weighted by molar-refractivity contribution is -0.121. The zero-order valence-electron chi connectivity index (χ0n) is 14.7. The Morgan fingerprint density at radius 2 is 1.76 bits per heavy atom. The molecule has 1 unspecified atom stereocenters. The van der Waals surface area contributed by atoms with Gasteiger partial charge in [-0.25, -0.2) is 4.79 Å². The third-order valence-corrected chi connectivity index (χ3v) is 3.83. The zero-order chi connectivity index (χ0) is 18.4. The summed E-state index contributed by atoms with van der Waals surface area (Å²) in [6.07, 6.45) is 0.134. The molecule has 0 saturated heterocycles. The average Bonchev–Trinajstić information content (AvgIpc) is 2.54. The van der Waals surface area contributed by atoms with E-state index in [0.29, 0.717) is 12.2 Å². The summed E-state index contributed by atoms with van der Waals surface area (Å²) in [5, 5.41) is 11.9. The van der Waals surface area contributed by atoms with E-state index in [0.717, 1.165) is 16.9 Å². The van der Waals surface area contributed by atoms with E-state index >= 15 is 0 Å². The summed E-state index contributed by atoms with van der Waals surface area (Å²) in [5.74, 6) is -0.324. The number of para-hydroxylation sites is 1. The fraction of sp³-hybridized carbons (Fsp3) is 0.300. The highest BCUT2D eigenvalue weighted by Gasteiger charge is 2.12. The Labute approximate surface area is 147 Å².